The van der Waals surface area contributed by atoms with E-state index >= 15 is 0 Å². The van der Waals surface area contributed by atoms with E-state index in [0.29, 0.717) is 6.54 Å². The molecule has 0 heterocycles. The van der Waals surface area contributed by atoms with E-state index in [4.69, 9.17) is 0 Å². The SMILES string of the molecule is CCN(CC(C)(C)O)C(=O)c1ccccc1S(=O)(=O)CC. The van der Waals surface area contributed by atoms with Crippen LogP contribution < -0.4 is 0 Å². The zero-order valence-corrected chi connectivity index (χ0v) is 13.8. The molecule has 21 heavy (non-hydrogen) atoms. The molecule has 0 unspecified atom stereocenters. The first kappa shape index (κ1) is 17.7. The Morgan fingerprint density at radius 3 is 2.29 bits per heavy atom. The fourth-order valence-electron chi connectivity index (χ4n) is 2.03. The van der Waals surface area contributed by atoms with E-state index in [2.05, 4.69) is 0 Å². The summed E-state index contributed by atoms with van der Waals surface area (Å²) >= 11 is 0. The van der Waals surface area contributed by atoms with Crippen LogP contribution in [-0.4, -0.2) is 48.8 Å². The molecule has 6 heteroatoms. The van der Waals surface area contributed by atoms with Crippen LogP contribution in [0.2, 0.25) is 0 Å². The van der Waals surface area contributed by atoms with Gasteiger partial charge in [-0.25, -0.2) is 8.42 Å². The standard InChI is InChI=1S/C15H23NO4S/c1-5-16(11-15(3,4)18)14(17)12-9-7-8-10-13(12)21(19,20)6-2/h7-10,18H,5-6,11H2,1-4H3. The van der Waals surface area contributed by atoms with E-state index in [9.17, 15) is 18.3 Å². The van der Waals surface area contributed by atoms with Gasteiger partial charge < -0.3 is 10.0 Å². The van der Waals surface area contributed by atoms with Crippen molar-refractivity contribution in [3.05, 3.63) is 29.8 Å². The topological polar surface area (TPSA) is 74.7 Å². The number of aliphatic hydroxyl groups is 1. The molecule has 0 bridgehead atoms. The molecule has 0 aromatic heterocycles. The van der Waals surface area contributed by atoms with Crippen molar-refractivity contribution in [1.29, 1.82) is 0 Å². The summed E-state index contributed by atoms with van der Waals surface area (Å²) in [5.74, 6) is -0.443. The maximum Gasteiger partial charge on any atom is 0.255 e. The minimum atomic E-state index is -3.47. The first-order valence-corrected chi connectivity index (χ1v) is 8.61. The van der Waals surface area contributed by atoms with Gasteiger partial charge in [-0.15, -0.1) is 0 Å². The monoisotopic (exact) mass is 313 g/mol. The predicted molar refractivity (Wildman–Crippen MR) is 82.0 cm³/mol. The van der Waals surface area contributed by atoms with Crippen LogP contribution in [0.3, 0.4) is 0 Å². The van der Waals surface area contributed by atoms with Crippen LogP contribution in [0.1, 0.15) is 38.1 Å². The van der Waals surface area contributed by atoms with Crippen molar-refractivity contribution in [3.63, 3.8) is 0 Å². The molecule has 0 aliphatic heterocycles. The molecule has 1 rings (SSSR count). The molecular weight excluding hydrogens is 290 g/mol. The Balaban J connectivity index is 3.25. The number of amides is 1. The van der Waals surface area contributed by atoms with Crippen LogP contribution in [0.25, 0.3) is 0 Å². The smallest absolute Gasteiger partial charge is 0.255 e. The Morgan fingerprint density at radius 2 is 1.81 bits per heavy atom. The van der Waals surface area contributed by atoms with Crippen molar-refractivity contribution in [1.82, 2.24) is 4.90 Å². The third kappa shape index (κ3) is 4.54. The Hall–Kier alpha value is -1.40. The largest absolute Gasteiger partial charge is 0.389 e. The van der Waals surface area contributed by atoms with E-state index < -0.39 is 15.4 Å². The maximum absolute atomic E-state index is 12.6. The minimum absolute atomic E-state index is 0.0479. The molecule has 0 radical (unpaired) electrons. The molecule has 1 N–H and O–H groups in total. The average molecular weight is 313 g/mol. The fourth-order valence-corrected chi connectivity index (χ4v) is 3.12. The van der Waals surface area contributed by atoms with Gasteiger partial charge in [-0.05, 0) is 32.9 Å². The Morgan fingerprint density at radius 1 is 1.24 bits per heavy atom. The second kappa shape index (κ2) is 6.58. The van der Waals surface area contributed by atoms with Crippen LogP contribution >= 0.6 is 0 Å². The summed E-state index contributed by atoms with van der Waals surface area (Å²) in [5, 5.41) is 9.88. The number of nitrogens with zero attached hydrogens (tertiary/aromatic N) is 1. The second-order valence-electron chi connectivity index (χ2n) is 5.53. The highest BCUT2D eigenvalue weighted by Crippen LogP contribution is 2.20. The van der Waals surface area contributed by atoms with Crippen molar-refractivity contribution in [3.8, 4) is 0 Å². The van der Waals surface area contributed by atoms with Gasteiger partial charge >= 0.3 is 0 Å². The molecule has 0 saturated carbocycles. The first-order chi connectivity index (χ1) is 9.62. The summed E-state index contributed by atoms with van der Waals surface area (Å²) < 4.78 is 24.2. The second-order valence-corrected chi connectivity index (χ2v) is 7.78. The molecule has 1 aromatic carbocycles. The third-order valence-electron chi connectivity index (χ3n) is 3.08. The Kier molecular flexibility index (Phi) is 5.53. The third-order valence-corrected chi connectivity index (χ3v) is 4.87. The van der Waals surface area contributed by atoms with Crippen LogP contribution in [0.4, 0.5) is 0 Å². The molecule has 118 valence electrons. The number of sulfone groups is 1. The molecule has 0 atom stereocenters. The fraction of sp³-hybridized carbons (Fsp3) is 0.533. The molecule has 0 spiro atoms. The number of likely N-dealkylation sites (N-methyl/N-ethyl adjacent to an activating group) is 1. The van der Waals surface area contributed by atoms with E-state index in [0.717, 1.165) is 0 Å². The first-order valence-electron chi connectivity index (χ1n) is 6.96. The average Bonchev–Trinajstić information content (AvgIpc) is 2.43. The lowest BCUT2D eigenvalue weighted by molar-refractivity contribution is 0.0313. The van der Waals surface area contributed by atoms with Gasteiger partial charge in [-0.2, -0.15) is 0 Å². The molecular formula is C15H23NO4S. The quantitative estimate of drug-likeness (QED) is 0.867. The van der Waals surface area contributed by atoms with Crippen molar-refractivity contribution in [2.24, 2.45) is 0 Å². The molecule has 1 aromatic rings. The lowest BCUT2D eigenvalue weighted by Gasteiger charge is -2.28. The van der Waals surface area contributed by atoms with Crippen LogP contribution in [-0.2, 0) is 9.84 Å². The summed E-state index contributed by atoms with van der Waals surface area (Å²) in [7, 11) is -3.47. The van der Waals surface area contributed by atoms with Gasteiger partial charge in [0.2, 0.25) is 0 Å². The van der Waals surface area contributed by atoms with Gasteiger partial charge in [0.1, 0.15) is 0 Å². The van der Waals surface area contributed by atoms with Gasteiger partial charge in [0, 0.05) is 13.1 Å². The highest BCUT2D eigenvalue weighted by Gasteiger charge is 2.26. The van der Waals surface area contributed by atoms with Crippen molar-refractivity contribution in [2.45, 2.75) is 38.2 Å². The van der Waals surface area contributed by atoms with Gasteiger partial charge in [0.15, 0.2) is 9.84 Å². The van der Waals surface area contributed by atoms with Crippen LogP contribution in [0, 0.1) is 0 Å². The number of carbonyl (C=O) groups excluding carboxylic acids is 1. The summed E-state index contributed by atoms with van der Waals surface area (Å²) in [6.07, 6.45) is 0. The highest BCUT2D eigenvalue weighted by molar-refractivity contribution is 7.91. The van der Waals surface area contributed by atoms with Crippen molar-refractivity contribution < 1.29 is 18.3 Å². The number of hydrogen-bond acceptors (Lipinski definition) is 4. The van der Waals surface area contributed by atoms with Crippen LogP contribution in [0.15, 0.2) is 29.2 Å². The molecule has 0 aliphatic carbocycles. The number of carbonyl (C=O) groups is 1. The zero-order valence-electron chi connectivity index (χ0n) is 13.0. The molecule has 1 amide bonds. The molecule has 0 saturated heterocycles. The van der Waals surface area contributed by atoms with Gasteiger partial charge in [0.05, 0.1) is 21.8 Å². The Bertz CT molecular complexity index is 602. The highest BCUT2D eigenvalue weighted by atomic mass is 32.2. The number of rotatable bonds is 6. The van der Waals surface area contributed by atoms with E-state index in [1.54, 1.807) is 39.8 Å². The molecule has 0 fully saturated rings. The maximum atomic E-state index is 12.6. The van der Waals surface area contributed by atoms with Crippen molar-refractivity contribution in [2.75, 3.05) is 18.8 Å². The van der Waals surface area contributed by atoms with Gasteiger partial charge in [0.25, 0.3) is 5.91 Å². The van der Waals surface area contributed by atoms with Gasteiger partial charge in [-0.3, -0.25) is 4.79 Å². The molecule has 5 nitrogen and oxygen atoms in total. The summed E-state index contributed by atoms with van der Waals surface area (Å²) in [4.78, 5) is 14.1. The lowest BCUT2D eigenvalue weighted by Crippen LogP contribution is -2.42. The molecule has 0 aliphatic rings. The van der Waals surface area contributed by atoms with Gasteiger partial charge in [-0.1, -0.05) is 19.1 Å². The summed E-state index contributed by atoms with van der Waals surface area (Å²) in [6, 6.07) is 6.20. The summed E-state index contributed by atoms with van der Waals surface area (Å²) in [6.45, 7) is 7.09. The Labute approximate surface area is 126 Å². The lowest BCUT2D eigenvalue weighted by atomic mass is 10.1. The zero-order chi connectivity index (χ0) is 16.3. The predicted octanol–water partition coefficient (Wildman–Crippen LogP) is 1.71. The van der Waals surface area contributed by atoms with Crippen LogP contribution in [0.5, 0.6) is 0 Å². The number of benzene rings is 1. The number of hydrogen-bond donors (Lipinski definition) is 1. The van der Waals surface area contributed by atoms with E-state index in [1.807, 2.05) is 0 Å². The van der Waals surface area contributed by atoms with E-state index in [-0.39, 0.29) is 28.7 Å². The van der Waals surface area contributed by atoms with E-state index in [1.165, 1.54) is 17.0 Å². The normalized spacial score (nSPS) is 12.2. The minimum Gasteiger partial charge on any atom is -0.389 e. The summed E-state index contributed by atoms with van der Waals surface area (Å²) in [5.41, 5.74) is -0.880. The van der Waals surface area contributed by atoms with Crippen molar-refractivity contribution >= 4 is 15.7 Å².